The Labute approximate surface area is 183 Å². The van der Waals surface area contributed by atoms with Crippen molar-refractivity contribution in [2.45, 2.75) is 101 Å². The van der Waals surface area contributed by atoms with Crippen LogP contribution in [0.5, 0.6) is 0 Å². The van der Waals surface area contributed by atoms with Gasteiger partial charge in [-0.2, -0.15) is 0 Å². The molecule has 0 saturated carbocycles. The summed E-state index contributed by atoms with van der Waals surface area (Å²) < 4.78 is 0. The van der Waals surface area contributed by atoms with Crippen LogP contribution in [-0.4, -0.2) is 8.07 Å². The zero-order chi connectivity index (χ0) is 17.2. The monoisotopic (exact) mass is 490 g/mol. The van der Waals surface area contributed by atoms with Crippen molar-refractivity contribution in [1.29, 1.82) is 0 Å². The Kier molecular flexibility index (Phi) is 11.0. The molecule has 0 fully saturated rings. The fourth-order valence-electron chi connectivity index (χ4n) is 6.27. The molecule has 0 saturated heterocycles. The average Bonchev–Trinajstić information content (AvgIpc) is 3.20. The van der Waals surface area contributed by atoms with Gasteiger partial charge in [0.1, 0.15) is 0 Å². The first kappa shape index (κ1) is 25.2. The SMILES string of the molecule is C[Si](C)([C@H]1CCC2=C1CCCC2)[C@H]1CCC2=C1CCCC2.[CH3-].[CH3-].[Cl][Zr+2][Cl]. The summed E-state index contributed by atoms with van der Waals surface area (Å²) in [7, 11) is 8.70. The van der Waals surface area contributed by atoms with Crippen molar-refractivity contribution in [3.63, 3.8) is 0 Å². The van der Waals surface area contributed by atoms with E-state index in [0.29, 0.717) is 0 Å². The molecule has 4 rings (SSSR count). The van der Waals surface area contributed by atoms with Crippen LogP contribution in [0.3, 0.4) is 0 Å². The fourth-order valence-corrected chi connectivity index (χ4v) is 11.0. The molecule has 0 aromatic carbocycles. The van der Waals surface area contributed by atoms with Gasteiger partial charge in [0, 0.05) is 0 Å². The summed E-state index contributed by atoms with van der Waals surface area (Å²) in [5, 5.41) is 0. The predicted molar refractivity (Wildman–Crippen MR) is 119 cm³/mol. The standard InChI is InChI=1S/C20H32Si.2CH3.2ClH.Zr/c1-21(2,19-13-11-15-7-3-5-9-17(15)19)20-14-12-16-8-4-6-10-18(16)20;;;;;/h19-20H,3-14H2,1-2H3;2*1H3;2*1H;/q;2*-1;;;+4/p-2/t19-,20-;;;;;/m0...../s1. The van der Waals surface area contributed by atoms with E-state index in [1.807, 2.05) is 22.3 Å². The molecule has 4 aliphatic carbocycles. The van der Waals surface area contributed by atoms with Gasteiger partial charge in [0.05, 0.1) is 8.07 Å². The number of halogens is 2. The number of hydrogen-bond donors (Lipinski definition) is 0. The minimum atomic E-state index is -1.17. The molecule has 26 heavy (non-hydrogen) atoms. The van der Waals surface area contributed by atoms with Crippen LogP contribution in [0.15, 0.2) is 22.3 Å². The van der Waals surface area contributed by atoms with Gasteiger partial charge in [-0.05, 0) is 88.1 Å². The third-order valence-corrected chi connectivity index (χ3v) is 12.2. The molecule has 0 nitrogen and oxygen atoms in total. The van der Waals surface area contributed by atoms with Crippen LogP contribution in [0.2, 0.25) is 24.2 Å². The predicted octanol–water partition coefficient (Wildman–Crippen LogP) is 9.04. The van der Waals surface area contributed by atoms with E-state index >= 15 is 0 Å². The topological polar surface area (TPSA) is 0 Å². The summed E-state index contributed by atoms with van der Waals surface area (Å²) in [4.78, 5) is 0. The van der Waals surface area contributed by atoms with Gasteiger partial charge in [-0.1, -0.05) is 35.4 Å². The van der Waals surface area contributed by atoms with E-state index in [1.54, 1.807) is 0 Å². The molecule has 4 heteroatoms. The van der Waals surface area contributed by atoms with Gasteiger partial charge in [0.2, 0.25) is 0 Å². The summed E-state index contributed by atoms with van der Waals surface area (Å²) in [5.41, 5.74) is 9.91. The molecule has 0 bridgehead atoms. The number of rotatable bonds is 2. The van der Waals surface area contributed by atoms with E-state index in [4.69, 9.17) is 17.0 Å². The molecule has 0 heterocycles. The van der Waals surface area contributed by atoms with Crippen LogP contribution in [0, 0.1) is 14.9 Å². The average molecular weight is 493 g/mol. The molecule has 0 N–H and O–H groups in total. The maximum atomic E-state index is 4.93. The molecule has 0 spiro atoms. The second-order valence-electron chi connectivity index (χ2n) is 8.75. The Hall–Kier alpha value is 1.16. The molecule has 0 aromatic rings. The summed E-state index contributed by atoms with van der Waals surface area (Å²) >= 11 is -0.826. The third kappa shape index (κ3) is 5.20. The fraction of sp³-hybridized carbons (Fsp3) is 0.727. The van der Waals surface area contributed by atoms with Crippen molar-refractivity contribution in [3.8, 4) is 0 Å². The van der Waals surface area contributed by atoms with E-state index in [1.165, 1.54) is 77.0 Å². The van der Waals surface area contributed by atoms with Gasteiger partial charge in [-0.25, -0.2) is 0 Å². The van der Waals surface area contributed by atoms with Crippen molar-refractivity contribution in [3.05, 3.63) is 37.1 Å². The van der Waals surface area contributed by atoms with Gasteiger partial charge < -0.3 is 14.9 Å². The molecule has 0 radical (unpaired) electrons. The van der Waals surface area contributed by atoms with Gasteiger partial charge in [0.25, 0.3) is 0 Å². The van der Waals surface area contributed by atoms with Crippen LogP contribution in [0.4, 0.5) is 0 Å². The van der Waals surface area contributed by atoms with Crippen LogP contribution in [0.25, 0.3) is 0 Å². The normalized spacial score (nSPS) is 27.4. The Morgan fingerprint density at radius 2 is 1.04 bits per heavy atom. The summed E-state index contributed by atoms with van der Waals surface area (Å²) in [5.74, 6) is 0. The second-order valence-corrected chi connectivity index (χ2v) is 17.5. The molecule has 0 unspecified atom stereocenters. The van der Waals surface area contributed by atoms with E-state index in [0.717, 1.165) is 11.1 Å². The van der Waals surface area contributed by atoms with Crippen molar-refractivity contribution >= 4 is 25.1 Å². The summed E-state index contributed by atoms with van der Waals surface area (Å²) in [6, 6.07) is 0. The Morgan fingerprint density at radius 3 is 1.42 bits per heavy atom. The van der Waals surface area contributed by atoms with Gasteiger partial charge in [0.15, 0.2) is 0 Å². The number of hydrogen-bond acceptors (Lipinski definition) is 0. The quantitative estimate of drug-likeness (QED) is 0.205. The second kappa shape index (κ2) is 11.4. The maximum absolute atomic E-state index is 4.93. The summed E-state index contributed by atoms with van der Waals surface area (Å²) in [6.07, 6.45) is 17.8. The van der Waals surface area contributed by atoms with Crippen LogP contribution < -0.4 is 0 Å². The minimum absolute atomic E-state index is 0. The molecular formula is C22H38Cl2SiZr. The van der Waals surface area contributed by atoms with Crippen molar-refractivity contribution in [2.75, 3.05) is 0 Å². The molecule has 4 aliphatic rings. The number of allylic oxidation sites excluding steroid dienone is 4. The molecule has 0 aliphatic heterocycles. The van der Waals surface area contributed by atoms with E-state index in [-0.39, 0.29) is 14.9 Å². The molecule has 2 atom stereocenters. The van der Waals surface area contributed by atoms with Crippen LogP contribution >= 0.6 is 17.0 Å². The van der Waals surface area contributed by atoms with Crippen LogP contribution in [-0.2, 0) is 20.8 Å². The summed E-state index contributed by atoms with van der Waals surface area (Å²) in [6.45, 7) is 5.52. The van der Waals surface area contributed by atoms with Gasteiger partial charge >= 0.3 is 37.9 Å². The first-order chi connectivity index (χ1) is 11.6. The van der Waals surface area contributed by atoms with Crippen LogP contribution in [0.1, 0.15) is 77.0 Å². The van der Waals surface area contributed by atoms with Gasteiger partial charge in [-0.15, -0.1) is 0 Å². The first-order valence-corrected chi connectivity index (χ1v) is 19.5. The van der Waals surface area contributed by atoms with Gasteiger partial charge in [-0.3, -0.25) is 0 Å². The van der Waals surface area contributed by atoms with Crippen molar-refractivity contribution in [2.24, 2.45) is 0 Å². The Balaban J connectivity index is 0.000000635. The van der Waals surface area contributed by atoms with Crippen molar-refractivity contribution in [1.82, 2.24) is 0 Å². The van der Waals surface area contributed by atoms with E-state index < -0.39 is 28.9 Å². The van der Waals surface area contributed by atoms with Crippen molar-refractivity contribution < 1.29 is 20.8 Å². The molecule has 0 amide bonds. The zero-order valence-electron chi connectivity index (χ0n) is 17.4. The Bertz CT molecular complexity index is 480. The molecule has 148 valence electrons. The van der Waals surface area contributed by atoms with E-state index in [9.17, 15) is 0 Å². The Morgan fingerprint density at radius 1 is 0.692 bits per heavy atom. The molecule has 0 aromatic heterocycles. The van der Waals surface area contributed by atoms with E-state index in [2.05, 4.69) is 13.1 Å². The molecular weight excluding hydrogens is 454 g/mol. The first-order valence-electron chi connectivity index (χ1n) is 9.97. The third-order valence-electron chi connectivity index (χ3n) is 7.36. The zero-order valence-corrected chi connectivity index (χ0v) is 22.4.